The highest BCUT2D eigenvalue weighted by molar-refractivity contribution is 5.27. The molecule has 1 atom stereocenters. The van der Waals surface area contributed by atoms with E-state index >= 15 is 0 Å². The number of fused-ring (bicyclic) bond motifs is 1. The molecule has 0 aliphatic heterocycles. The van der Waals surface area contributed by atoms with E-state index in [0.717, 1.165) is 24.1 Å². The molecule has 0 amide bonds. The number of nitrogens with one attached hydrogen (secondary N) is 1. The average molecular weight is 177 g/mol. The minimum Gasteiger partial charge on any atom is -0.362 e. The van der Waals surface area contributed by atoms with Crippen LogP contribution >= 0.6 is 0 Å². The predicted octanol–water partition coefficient (Wildman–Crippen LogP) is 2.12. The molecule has 0 aromatic carbocycles. The van der Waals surface area contributed by atoms with Gasteiger partial charge >= 0.3 is 0 Å². The summed E-state index contributed by atoms with van der Waals surface area (Å²) in [6.07, 6.45) is 3.31. The fourth-order valence-corrected chi connectivity index (χ4v) is 2.15. The molecule has 0 saturated carbocycles. The lowest BCUT2D eigenvalue weighted by atomic mass is 9.87. The summed E-state index contributed by atoms with van der Waals surface area (Å²) < 4.78 is 0. The highest BCUT2D eigenvalue weighted by Gasteiger charge is 2.19. The Morgan fingerprint density at radius 1 is 1.54 bits per heavy atom. The van der Waals surface area contributed by atoms with Gasteiger partial charge < -0.3 is 4.98 Å². The van der Waals surface area contributed by atoms with E-state index in [1.54, 1.807) is 6.07 Å². The third kappa shape index (κ3) is 1.41. The molecular weight excluding hydrogens is 162 g/mol. The fourth-order valence-electron chi connectivity index (χ4n) is 2.15. The summed E-state index contributed by atoms with van der Waals surface area (Å²) in [5.74, 6) is 0.524. The summed E-state index contributed by atoms with van der Waals surface area (Å²) in [5, 5.41) is 0. The lowest BCUT2D eigenvalue weighted by molar-refractivity contribution is 0.569. The molecular formula is C11H15NO. The van der Waals surface area contributed by atoms with Crippen molar-refractivity contribution in [2.75, 3.05) is 0 Å². The summed E-state index contributed by atoms with van der Waals surface area (Å²) in [5.41, 5.74) is 3.40. The van der Waals surface area contributed by atoms with Crippen molar-refractivity contribution in [1.29, 1.82) is 0 Å². The normalized spacial score (nSPS) is 21.2. The van der Waals surface area contributed by atoms with Crippen molar-refractivity contribution < 1.29 is 0 Å². The van der Waals surface area contributed by atoms with Crippen molar-refractivity contribution in [2.45, 2.75) is 39.0 Å². The van der Waals surface area contributed by atoms with Crippen LogP contribution in [0.5, 0.6) is 0 Å². The molecule has 1 aromatic rings. The van der Waals surface area contributed by atoms with Crippen LogP contribution < -0.4 is 5.43 Å². The van der Waals surface area contributed by atoms with E-state index < -0.39 is 0 Å². The van der Waals surface area contributed by atoms with Gasteiger partial charge in [-0.3, -0.25) is 4.79 Å². The number of aromatic amines is 1. The van der Waals surface area contributed by atoms with Gasteiger partial charge in [0, 0.05) is 23.0 Å². The standard InChI is InChI=1S/C11H15NO/c1-7-4-3-5-9-10(13)6-8(2)12-11(7)9/h6-7H,3-5H2,1-2H3,(H,12,13). The first-order chi connectivity index (χ1) is 6.18. The van der Waals surface area contributed by atoms with E-state index in [2.05, 4.69) is 11.9 Å². The Hall–Kier alpha value is -1.05. The molecule has 70 valence electrons. The Balaban J connectivity index is 2.63. The highest BCUT2D eigenvalue weighted by Crippen LogP contribution is 2.27. The van der Waals surface area contributed by atoms with Gasteiger partial charge in [0.1, 0.15) is 0 Å². The van der Waals surface area contributed by atoms with E-state index in [-0.39, 0.29) is 5.43 Å². The van der Waals surface area contributed by atoms with E-state index in [4.69, 9.17) is 0 Å². The summed E-state index contributed by atoms with van der Waals surface area (Å²) in [4.78, 5) is 14.9. The van der Waals surface area contributed by atoms with Crippen LogP contribution in [-0.4, -0.2) is 4.98 Å². The fraction of sp³-hybridized carbons (Fsp3) is 0.545. The van der Waals surface area contributed by atoms with E-state index in [1.165, 1.54) is 12.1 Å². The highest BCUT2D eigenvalue weighted by atomic mass is 16.1. The third-order valence-corrected chi connectivity index (χ3v) is 2.86. The molecule has 0 bridgehead atoms. The van der Waals surface area contributed by atoms with Crippen LogP contribution in [0, 0.1) is 6.92 Å². The second-order valence-electron chi connectivity index (χ2n) is 4.00. The van der Waals surface area contributed by atoms with Crippen molar-refractivity contribution in [3.63, 3.8) is 0 Å². The largest absolute Gasteiger partial charge is 0.362 e. The van der Waals surface area contributed by atoms with Crippen LogP contribution in [0.1, 0.15) is 42.6 Å². The van der Waals surface area contributed by atoms with E-state index in [0.29, 0.717) is 5.92 Å². The molecule has 0 radical (unpaired) electrons. The van der Waals surface area contributed by atoms with Crippen molar-refractivity contribution in [2.24, 2.45) is 0 Å². The van der Waals surface area contributed by atoms with Gasteiger partial charge in [0.05, 0.1) is 0 Å². The van der Waals surface area contributed by atoms with E-state index in [9.17, 15) is 4.79 Å². The number of aromatic nitrogens is 1. The van der Waals surface area contributed by atoms with Gasteiger partial charge in [-0.1, -0.05) is 6.92 Å². The molecule has 13 heavy (non-hydrogen) atoms. The van der Waals surface area contributed by atoms with Gasteiger partial charge in [-0.05, 0) is 32.1 Å². The molecule has 1 aromatic heterocycles. The first kappa shape index (κ1) is 8.54. The smallest absolute Gasteiger partial charge is 0.185 e. The number of aryl methyl sites for hydroxylation is 1. The van der Waals surface area contributed by atoms with Crippen LogP contribution in [0.15, 0.2) is 10.9 Å². The number of pyridine rings is 1. The summed E-state index contributed by atoms with van der Waals surface area (Å²) in [6.45, 7) is 4.14. The Kier molecular flexibility index (Phi) is 1.98. The predicted molar refractivity (Wildman–Crippen MR) is 53.2 cm³/mol. The lowest BCUT2D eigenvalue weighted by Gasteiger charge is -2.21. The molecule has 1 aliphatic rings. The molecule has 1 N–H and O–H groups in total. The zero-order chi connectivity index (χ0) is 9.42. The van der Waals surface area contributed by atoms with Crippen LogP contribution in [0.4, 0.5) is 0 Å². The van der Waals surface area contributed by atoms with Crippen molar-refractivity contribution in [3.05, 3.63) is 33.2 Å². The van der Waals surface area contributed by atoms with Crippen LogP contribution in [-0.2, 0) is 6.42 Å². The zero-order valence-corrected chi connectivity index (χ0v) is 8.18. The summed E-state index contributed by atoms with van der Waals surface area (Å²) >= 11 is 0. The number of H-pyrrole nitrogens is 1. The van der Waals surface area contributed by atoms with Crippen LogP contribution in [0.2, 0.25) is 0 Å². The van der Waals surface area contributed by atoms with E-state index in [1.807, 2.05) is 6.92 Å². The zero-order valence-electron chi connectivity index (χ0n) is 8.18. The van der Waals surface area contributed by atoms with Gasteiger partial charge in [-0.2, -0.15) is 0 Å². The minimum absolute atomic E-state index is 0.220. The summed E-state index contributed by atoms with van der Waals surface area (Å²) in [6, 6.07) is 1.71. The van der Waals surface area contributed by atoms with Gasteiger partial charge in [0.15, 0.2) is 5.43 Å². The second kappa shape index (κ2) is 3.02. The maximum atomic E-state index is 11.6. The number of hydrogen-bond donors (Lipinski definition) is 1. The molecule has 2 heteroatoms. The first-order valence-corrected chi connectivity index (χ1v) is 4.91. The molecule has 1 aliphatic carbocycles. The average Bonchev–Trinajstić information content (AvgIpc) is 2.07. The molecule has 0 spiro atoms. The Morgan fingerprint density at radius 3 is 3.08 bits per heavy atom. The van der Waals surface area contributed by atoms with Gasteiger partial charge in [-0.25, -0.2) is 0 Å². The van der Waals surface area contributed by atoms with Gasteiger partial charge in [-0.15, -0.1) is 0 Å². The van der Waals surface area contributed by atoms with Crippen molar-refractivity contribution >= 4 is 0 Å². The van der Waals surface area contributed by atoms with Crippen LogP contribution in [0.25, 0.3) is 0 Å². The molecule has 0 saturated heterocycles. The monoisotopic (exact) mass is 177 g/mol. The lowest BCUT2D eigenvalue weighted by Crippen LogP contribution is -2.20. The molecule has 1 heterocycles. The minimum atomic E-state index is 0.220. The molecule has 0 fully saturated rings. The Labute approximate surface area is 78.0 Å². The third-order valence-electron chi connectivity index (χ3n) is 2.86. The quantitative estimate of drug-likeness (QED) is 0.647. The molecule has 1 unspecified atom stereocenters. The number of rotatable bonds is 0. The topological polar surface area (TPSA) is 32.9 Å². The Morgan fingerprint density at radius 2 is 2.31 bits per heavy atom. The van der Waals surface area contributed by atoms with Crippen molar-refractivity contribution in [3.8, 4) is 0 Å². The van der Waals surface area contributed by atoms with Crippen molar-refractivity contribution in [1.82, 2.24) is 4.98 Å². The number of hydrogen-bond acceptors (Lipinski definition) is 1. The molecule has 2 rings (SSSR count). The first-order valence-electron chi connectivity index (χ1n) is 4.91. The Bertz CT molecular complexity index is 378. The molecule has 2 nitrogen and oxygen atoms in total. The maximum Gasteiger partial charge on any atom is 0.185 e. The van der Waals surface area contributed by atoms with Crippen LogP contribution in [0.3, 0.4) is 0 Å². The summed E-state index contributed by atoms with van der Waals surface area (Å²) in [7, 11) is 0. The van der Waals surface area contributed by atoms with Gasteiger partial charge in [0.2, 0.25) is 0 Å². The van der Waals surface area contributed by atoms with Gasteiger partial charge in [0.25, 0.3) is 0 Å². The second-order valence-corrected chi connectivity index (χ2v) is 4.00. The maximum absolute atomic E-state index is 11.6. The SMILES string of the molecule is Cc1cc(=O)c2c([nH]1)C(C)CCC2.